The molecule has 0 spiro atoms. The molecule has 2 heterocycles. The Labute approximate surface area is 108 Å². The largest absolute Gasteiger partial charge is 0.343 e. The maximum Gasteiger partial charge on any atom is 0.155 e. The second kappa shape index (κ2) is 6.99. The van der Waals surface area contributed by atoms with Gasteiger partial charge in [-0.05, 0) is 6.42 Å². The molecule has 2 N–H and O–H groups in total. The van der Waals surface area contributed by atoms with E-state index in [1.54, 1.807) is 6.20 Å². The highest BCUT2D eigenvalue weighted by atomic mass is 15.0. The van der Waals surface area contributed by atoms with Crippen LogP contribution in [0.5, 0.6) is 0 Å². The van der Waals surface area contributed by atoms with Gasteiger partial charge < -0.3 is 9.97 Å². The fourth-order valence-electron chi connectivity index (χ4n) is 2.10. The maximum absolute atomic E-state index is 4.39. The van der Waals surface area contributed by atoms with Crippen LogP contribution < -0.4 is 0 Å². The number of nitrogens with one attached hydrogen (secondary N) is 2. The summed E-state index contributed by atoms with van der Waals surface area (Å²) < 4.78 is 0. The first-order chi connectivity index (χ1) is 8.90. The number of hydrogen-bond acceptors (Lipinski definition) is 2. The van der Waals surface area contributed by atoms with Crippen molar-refractivity contribution in [1.29, 1.82) is 0 Å². The van der Waals surface area contributed by atoms with Crippen LogP contribution >= 0.6 is 0 Å². The van der Waals surface area contributed by atoms with Crippen LogP contribution in [0.4, 0.5) is 0 Å². The predicted molar refractivity (Wildman–Crippen MR) is 73.2 cm³/mol. The van der Waals surface area contributed by atoms with Crippen LogP contribution in [0.15, 0.2) is 18.6 Å². The van der Waals surface area contributed by atoms with Gasteiger partial charge in [0, 0.05) is 18.8 Å². The number of rotatable bonds is 8. The van der Waals surface area contributed by atoms with E-state index in [2.05, 4.69) is 26.9 Å². The quantitative estimate of drug-likeness (QED) is 0.698. The molecule has 0 aliphatic carbocycles. The highest BCUT2D eigenvalue weighted by Gasteiger charge is 2.04. The van der Waals surface area contributed by atoms with Crippen molar-refractivity contribution in [2.45, 2.75) is 51.9 Å². The van der Waals surface area contributed by atoms with Crippen LogP contribution in [-0.2, 0) is 6.42 Å². The van der Waals surface area contributed by atoms with E-state index >= 15 is 0 Å². The Kier molecular flexibility index (Phi) is 5.00. The molecule has 0 bridgehead atoms. The zero-order chi connectivity index (χ0) is 12.6. The molecular formula is C14H22N4. The molecular weight excluding hydrogens is 224 g/mol. The van der Waals surface area contributed by atoms with Crippen LogP contribution in [0.25, 0.3) is 11.5 Å². The smallest absolute Gasteiger partial charge is 0.155 e. The summed E-state index contributed by atoms with van der Waals surface area (Å²) in [4.78, 5) is 15.0. The van der Waals surface area contributed by atoms with E-state index in [0.717, 1.165) is 23.8 Å². The van der Waals surface area contributed by atoms with Gasteiger partial charge in [-0.3, -0.25) is 0 Å². The third-order valence-electron chi connectivity index (χ3n) is 3.15. The van der Waals surface area contributed by atoms with Gasteiger partial charge >= 0.3 is 0 Å². The molecule has 0 atom stereocenters. The van der Waals surface area contributed by atoms with E-state index in [-0.39, 0.29) is 0 Å². The number of aryl methyl sites for hydroxylation is 1. The molecule has 0 aliphatic heterocycles. The van der Waals surface area contributed by atoms with Gasteiger partial charge in [-0.2, -0.15) is 0 Å². The summed E-state index contributed by atoms with van der Waals surface area (Å²) in [6.07, 6.45) is 14.4. The first kappa shape index (κ1) is 12.9. The van der Waals surface area contributed by atoms with Crippen LogP contribution in [-0.4, -0.2) is 19.9 Å². The molecule has 18 heavy (non-hydrogen) atoms. The lowest BCUT2D eigenvalue weighted by Crippen LogP contribution is -1.89. The van der Waals surface area contributed by atoms with Crippen molar-refractivity contribution in [3.05, 3.63) is 24.4 Å². The number of aromatic nitrogens is 4. The van der Waals surface area contributed by atoms with E-state index in [4.69, 9.17) is 0 Å². The highest BCUT2D eigenvalue weighted by Crippen LogP contribution is 2.13. The van der Waals surface area contributed by atoms with E-state index in [0.29, 0.717) is 0 Å². The predicted octanol–water partition coefficient (Wildman–Crippen LogP) is 3.70. The van der Waals surface area contributed by atoms with E-state index in [9.17, 15) is 0 Å². The lowest BCUT2D eigenvalue weighted by molar-refractivity contribution is 0.602. The molecule has 0 fully saturated rings. The highest BCUT2D eigenvalue weighted by molar-refractivity contribution is 5.47. The van der Waals surface area contributed by atoms with Gasteiger partial charge in [0.05, 0.1) is 6.20 Å². The Bertz CT molecular complexity index is 430. The van der Waals surface area contributed by atoms with Crippen molar-refractivity contribution in [2.24, 2.45) is 0 Å². The summed E-state index contributed by atoms with van der Waals surface area (Å²) in [6.45, 7) is 2.25. The van der Waals surface area contributed by atoms with Crippen molar-refractivity contribution >= 4 is 0 Å². The molecule has 0 aliphatic rings. The molecule has 0 unspecified atom stereocenters. The second-order valence-corrected chi connectivity index (χ2v) is 4.70. The monoisotopic (exact) mass is 246 g/mol. The number of nitrogens with zero attached hydrogens (tertiary/aromatic N) is 2. The van der Waals surface area contributed by atoms with Crippen LogP contribution in [0.2, 0.25) is 0 Å². The van der Waals surface area contributed by atoms with Gasteiger partial charge in [0.1, 0.15) is 11.5 Å². The molecule has 4 nitrogen and oxygen atoms in total. The lowest BCUT2D eigenvalue weighted by Gasteiger charge is -1.99. The molecule has 2 aromatic heterocycles. The zero-order valence-corrected chi connectivity index (χ0v) is 11.1. The Balaban J connectivity index is 1.71. The minimum Gasteiger partial charge on any atom is -0.343 e. The van der Waals surface area contributed by atoms with Gasteiger partial charge in [0.25, 0.3) is 0 Å². The van der Waals surface area contributed by atoms with Crippen LogP contribution in [0.1, 0.15) is 51.3 Å². The van der Waals surface area contributed by atoms with Crippen molar-refractivity contribution < 1.29 is 0 Å². The lowest BCUT2D eigenvalue weighted by atomic mass is 10.1. The summed E-state index contributed by atoms with van der Waals surface area (Å²) in [7, 11) is 0. The molecule has 0 radical (unpaired) electrons. The number of unbranched alkanes of at least 4 members (excludes halogenated alkanes) is 5. The molecule has 2 aromatic rings. The Morgan fingerprint density at radius 2 is 1.89 bits per heavy atom. The Morgan fingerprint density at radius 1 is 1.06 bits per heavy atom. The van der Waals surface area contributed by atoms with Crippen LogP contribution in [0, 0.1) is 0 Å². The average molecular weight is 246 g/mol. The van der Waals surface area contributed by atoms with Crippen molar-refractivity contribution in [1.82, 2.24) is 19.9 Å². The first-order valence-electron chi connectivity index (χ1n) is 6.93. The summed E-state index contributed by atoms with van der Waals surface area (Å²) in [5, 5.41) is 0. The SMILES string of the molecule is CCCCCCCCc1ncc(-c2ncc[nH]2)[nH]1. The standard InChI is InChI=1S/C14H22N4/c1-2-3-4-5-6-7-8-13-17-11-12(18-13)14-15-9-10-16-14/h9-11H,2-8H2,1H3,(H,15,16)(H,17,18). The maximum atomic E-state index is 4.39. The molecule has 0 saturated carbocycles. The number of aromatic amines is 2. The molecule has 0 amide bonds. The number of hydrogen-bond donors (Lipinski definition) is 2. The summed E-state index contributed by atoms with van der Waals surface area (Å²) in [5.74, 6) is 1.92. The van der Waals surface area contributed by atoms with E-state index in [1.165, 1.54) is 38.5 Å². The van der Waals surface area contributed by atoms with Crippen LogP contribution in [0.3, 0.4) is 0 Å². The van der Waals surface area contributed by atoms with E-state index < -0.39 is 0 Å². The Hall–Kier alpha value is -1.58. The molecule has 4 heteroatoms. The fraction of sp³-hybridized carbons (Fsp3) is 0.571. The van der Waals surface area contributed by atoms with Crippen molar-refractivity contribution in [2.75, 3.05) is 0 Å². The summed E-state index contributed by atoms with van der Waals surface area (Å²) >= 11 is 0. The minimum atomic E-state index is 0.858. The average Bonchev–Trinajstić information content (AvgIpc) is 3.03. The van der Waals surface area contributed by atoms with Crippen molar-refractivity contribution in [3.63, 3.8) is 0 Å². The molecule has 98 valence electrons. The normalized spacial score (nSPS) is 10.9. The topological polar surface area (TPSA) is 57.4 Å². The van der Waals surface area contributed by atoms with Gasteiger partial charge in [0.2, 0.25) is 0 Å². The minimum absolute atomic E-state index is 0.858. The summed E-state index contributed by atoms with van der Waals surface area (Å²) in [6, 6.07) is 0. The summed E-state index contributed by atoms with van der Waals surface area (Å²) in [5.41, 5.74) is 0.973. The third kappa shape index (κ3) is 3.72. The molecule has 0 saturated heterocycles. The second-order valence-electron chi connectivity index (χ2n) is 4.70. The van der Waals surface area contributed by atoms with Gasteiger partial charge in [-0.15, -0.1) is 0 Å². The first-order valence-corrected chi connectivity index (χ1v) is 6.93. The molecule has 0 aromatic carbocycles. The number of imidazole rings is 2. The number of H-pyrrole nitrogens is 2. The van der Waals surface area contributed by atoms with Gasteiger partial charge in [-0.1, -0.05) is 39.0 Å². The molecule has 2 rings (SSSR count). The Morgan fingerprint density at radius 3 is 2.67 bits per heavy atom. The van der Waals surface area contributed by atoms with E-state index in [1.807, 2.05) is 12.4 Å². The van der Waals surface area contributed by atoms with Crippen molar-refractivity contribution in [3.8, 4) is 11.5 Å². The fourth-order valence-corrected chi connectivity index (χ4v) is 2.10. The third-order valence-corrected chi connectivity index (χ3v) is 3.15. The zero-order valence-electron chi connectivity index (χ0n) is 11.1. The van der Waals surface area contributed by atoms with Gasteiger partial charge in [0.15, 0.2) is 5.82 Å². The van der Waals surface area contributed by atoms with Gasteiger partial charge in [-0.25, -0.2) is 9.97 Å².